The molecular weight excluding hydrogens is 320 g/mol. The minimum Gasteiger partial charge on any atom is -0.314 e. The number of aromatic nitrogens is 1. The smallest absolute Gasteiger partial charge is 0.125 e. The highest BCUT2D eigenvalue weighted by Gasteiger charge is 2.13. The number of hydrogen-bond acceptors (Lipinski definition) is 3. The van der Waals surface area contributed by atoms with Crippen LogP contribution in [0.3, 0.4) is 0 Å². The summed E-state index contributed by atoms with van der Waals surface area (Å²) in [6, 6.07) is 6.67. The molecule has 0 spiro atoms. The van der Waals surface area contributed by atoms with Gasteiger partial charge in [0.25, 0.3) is 0 Å². The summed E-state index contributed by atoms with van der Waals surface area (Å²) in [5, 5.41) is 4.24. The largest absolute Gasteiger partial charge is 0.314 e. The molecule has 2 nitrogen and oxygen atoms in total. The number of aryl methyl sites for hydroxylation is 1. The maximum Gasteiger partial charge on any atom is 0.125 e. The third-order valence-electron chi connectivity index (χ3n) is 3.15. The van der Waals surface area contributed by atoms with Gasteiger partial charge < -0.3 is 5.32 Å². The highest BCUT2D eigenvalue weighted by molar-refractivity contribution is 9.11. The standard InChI is InChI=1S/C15H19BrN2S/c1-9(2)11-6-5-10(3)12(7-11)15-18-13(8-17-4)14(16)19-15/h5-7,9,17H,8H2,1-4H3. The van der Waals surface area contributed by atoms with Gasteiger partial charge >= 0.3 is 0 Å². The van der Waals surface area contributed by atoms with Crippen LogP contribution in [0, 0.1) is 6.92 Å². The Bertz CT molecular complexity index is 576. The topological polar surface area (TPSA) is 24.9 Å². The monoisotopic (exact) mass is 338 g/mol. The lowest BCUT2D eigenvalue weighted by molar-refractivity contribution is 0.795. The van der Waals surface area contributed by atoms with Gasteiger partial charge in [0, 0.05) is 12.1 Å². The van der Waals surface area contributed by atoms with E-state index in [1.54, 1.807) is 11.3 Å². The summed E-state index contributed by atoms with van der Waals surface area (Å²) in [4.78, 5) is 4.74. The number of halogens is 1. The number of nitrogens with zero attached hydrogens (tertiary/aromatic N) is 1. The molecule has 1 heterocycles. The molecule has 1 aromatic carbocycles. The molecule has 2 rings (SSSR count). The van der Waals surface area contributed by atoms with Crippen LogP contribution in [0.25, 0.3) is 10.6 Å². The lowest BCUT2D eigenvalue weighted by Gasteiger charge is -2.09. The average Bonchev–Trinajstić information content (AvgIpc) is 2.71. The van der Waals surface area contributed by atoms with Gasteiger partial charge in [-0.3, -0.25) is 0 Å². The van der Waals surface area contributed by atoms with E-state index in [-0.39, 0.29) is 0 Å². The summed E-state index contributed by atoms with van der Waals surface area (Å²) in [5.41, 5.74) is 4.97. The van der Waals surface area contributed by atoms with Gasteiger partial charge in [-0.1, -0.05) is 26.0 Å². The second kappa shape index (κ2) is 6.16. The Hall–Kier alpha value is -0.710. The van der Waals surface area contributed by atoms with Crippen molar-refractivity contribution in [2.45, 2.75) is 33.2 Å². The van der Waals surface area contributed by atoms with Crippen molar-refractivity contribution in [2.75, 3.05) is 7.05 Å². The second-order valence-corrected chi connectivity index (χ2v) is 7.32. The van der Waals surface area contributed by atoms with Crippen molar-refractivity contribution in [1.82, 2.24) is 10.3 Å². The van der Waals surface area contributed by atoms with Crippen LogP contribution in [-0.2, 0) is 6.54 Å². The summed E-state index contributed by atoms with van der Waals surface area (Å²) in [7, 11) is 1.94. The van der Waals surface area contributed by atoms with E-state index in [0.717, 1.165) is 21.0 Å². The Balaban J connectivity index is 2.45. The first kappa shape index (κ1) is 14.7. The fraction of sp³-hybridized carbons (Fsp3) is 0.400. The zero-order valence-corrected chi connectivity index (χ0v) is 14.2. The van der Waals surface area contributed by atoms with Crippen molar-refractivity contribution < 1.29 is 0 Å². The van der Waals surface area contributed by atoms with Crippen LogP contribution < -0.4 is 5.32 Å². The van der Waals surface area contributed by atoms with Gasteiger partial charge in [0.1, 0.15) is 5.01 Å². The van der Waals surface area contributed by atoms with Crippen LogP contribution in [0.1, 0.15) is 36.6 Å². The molecule has 0 bridgehead atoms. The van der Waals surface area contributed by atoms with Crippen molar-refractivity contribution in [3.05, 3.63) is 38.8 Å². The molecule has 0 saturated heterocycles. The molecule has 0 saturated carbocycles. The molecule has 0 amide bonds. The van der Waals surface area contributed by atoms with Crippen molar-refractivity contribution in [1.29, 1.82) is 0 Å². The van der Waals surface area contributed by atoms with E-state index in [4.69, 9.17) is 4.98 Å². The van der Waals surface area contributed by atoms with Crippen LogP contribution in [0.4, 0.5) is 0 Å². The Kier molecular flexibility index (Phi) is 4.76. The molecule has 4 heteroatoms. The molecule has 0 atom stereocenters. The zero-order valence-electron chi connectivity index (χ0n) is 11.7. The Morgan fingerprint density at radius 2 is 2.11 bits per heavy atom. The number of rotatable bonds is 4. The zero-order chi connectivity index (χ0) is 14.0. The second-order valence-electron chi connectivity index (χ2n) is 5.00. The quantitative estimate of drug-likeness (QED) is 0.871. The molecule has 0 aliphatic rings. The molecule has 0 unspecified atom stereocenters. The van der Waals surface area contributed by atoms with Gasteiger partial charge in [-0.15, -0.1) is 11.3 Å². The van der Waals surface area contributed by atoms with Gasteiger partial charge in [0.15, 0.2) is 0 Å². The van der Waals surface area contributed by atoms with Crippen LogP contribution in [0.2, 0.25) is 0 Å². The maximum absolute atomic E-state index is 4.74. The van der Waals surface area contributed by atoms with Crippen molar-refractivity contribution in [3.8, 4) is 10.6 Å². The number of thiazole rings is 1. The molecule has 1 aromatic heterocycles. The van der Waals surface area contributed by atoms with Gasteiger partial charge in [-0.25, -0.2) is 4.98 Å². The predicted octanol–water partition coefficient (Wildman–Crippen LogP) is 4.72. The van der Waals surface area contributed by atoms with E-state index in [9.17, 15) is 0 Å². The van der Waals surface area contributed by atoms with E-state index < -0.39 is 0 Å². The van der Waals surface area contributed by atoms with Crippen molar-refractivity contribution in [2.24, 2.45) is 0 Å². The third kappa shape index (κ3) is 3.25. The van der Waals surface area contributed by atoms with Crippen molar-refractivity contribution >= 4 is 27.3 Å². The normalized spacial score (nSPS) is 11.3. The van der Waals surface area contributed by atoms with Gasteiger partial charge in [0.2, 0.25) is 0 Å². The fourth-order valence-corrected chi connectivity index (χ4v) is 3.53. The van der Waals surface area contributed by atoms with Crippen LogP contribution in [-0.4, -0.2) is 12.0 Å². The minimum atomic E-state index is 0.541. The van der Waals surface area contributed by atoms with E-state index in [1.807, 2.05) is 7.05 Å². The molecule has 102 valence electrons. The first-order valence-electron chi connectivity index (χ1n) is 6.43. The van der Waals surface area contributed by atoms with Gasteiger partial charge in [-0.05, 0) is 53.0 Å². The van der Waals surface area contributed by atoms with E-state index in [0.29, 0.717) is 5.92 Å². The SMILES string of the molecule is CNCc1nc(-c2cc(C(C)C)ccc2C)sc1Br. The van der Waals surface area contributed by atoms with E-state index in [2.05, 4.69) is 60.2 Å². The van der Waals surface area contributed by atoms with Gasteiger partial charge in [-0.2, -0.15) is 0 Å². The molecule has 19 heavy (non-hydrogen) atoms. The summed E-state index contributed by atoms with van der Waals surface area (Å²) in [6.45, 7) is 7.38. The van der Waals surface area contributed by atoms with Crippen LogP contribution in [0.15, 0.2) is 22.0 Å². The molecule has 1 N–H and O–H groups in total. The Morgan fingerprint density at radius 1 is 1.37 bits per heavy atom. The summed E-state index contributed by atoms with van der Waals surface area (Å²) in [6.07, 6.45) is 0. The fourth-order valence-electron chi connectivity index (χ4n) is 1.95. The molecule has 0 aliphatic carbocycles. The summed E-state index contributed by atoms with van der Waals surface area (Å²) < 4.78 is 1.12. The Morgan fingerprint density at radius 3 is 2.74 bits per heavy atom. The lowest BCUT2D eigenvalue weighted by atomic mass is 9.98. The van der Waals surface area contributed by atoms with E-state index >= 15 is 0 Å². The number of hydrogen-bond donors (Lipinski definition) is 1. The molecular formula is C15H19BrN2S. The van der Waals surface area contributed by atoms with Crippen LogP contribution >= 0.6 is 27.3 Å². The molecule has 0 fully saturated rings. The first-order chi connectivity index (χ1) is 9.02. The summed E-state index contributed by atoms with van der Waals surface area (Å²) in [5.74, 6) is 0.541. The molecule has 2 aromatic rings. The maximum atomic E-state index is 4.74. The molecule has 0 aliphatic heterocycles. The highest BCUT2D eigenvalue weighted by Crippen LogP contribution is 2.35. The summed E-state index contributed by atoms with van der Waals surface area (Å²) >= 11 is 5.31. The average molecular weight is 339 g/mol. The minimum absolute atomic E-state index is 0.541. The highest BCUT2D eigenvalue weighted by atomic mass is 79.9. The predicted molar refractivity (Wildman–Crippen MR) is 86.8 cm³/mol. The first-order valence-corrected chi connectivity index (χ1v) is 8.04. The molecule has 0 radical (unpaired) electrons. The number of nitrogens with one attached hydrogen (secondary N) is 1. The van der Waals surface area contributed by atoms with Crippen molar-refractivity contribution in [3.63, 3.8) is 0 Å². The van der Waals surface area contributed by atoms with E-state index in [1.165, 1.54) is 16.7 Å². The Labute approximate surface area is 127 Å². The number of benzene rings is 1. The lowest BCUT2D eigenvalue weighted by Crippen LogP contribution is -2.05. The third-order valence-corrected chi connectivity index (χ3v) is 5.02. The van der Waals surface area contributed by atoms with Crippen LogP contribution in [0.5, 0.6) is 0 Å². The van der Waals surface area contributed by atoms with Gasteiger partial charge in [0.05, 0.1) is 9.48 Å².